The lowest BCUT2D eigenvalue weighted by Crippen LogP contribution is -2.33. The third-order valence-electron chi connectivity index (χ3n) is 2.93. The number of aryl methyl sites for hydroxylation is 1. The number of aromatic nitrogens is 2. The van der Waals surface area contributed by atoms with Gasteiger partial charge in [-0.3, -0.25) is 4.79 Å². The third-order valence-corrected chi connectivity index (χ3v) is 2.93. The fourth-order valence-corrected chi connectivity index (χ4v) is 2.14. The summed E-state index contributed by atoms with van der Waals surface area (Å²) in [7, 11) is 0. The Hall–Kier alpha value is -1.49. The lowest BCUT2D eigenvalue weighted by molar-refractivity contribution is -0.128. The van der Waals surface area contributed by atoms with Gasteiger partial charge in [0.05, 0.1) is 17.4 Å². The molecule has 1 aromatic heterocycles. The number of rotatable bonds is 2. The molecular weight excluding hydrogens is 204 g/mol. The summed E-state index contributed by atoms with van der Waals surface area (Å²) in [5.41, 5.74) is 7.62. The van der Waals surface area contributed by atoms with Crippen LogP contribution in [0, 0.1) is 6.92 Å². The van der Waals surface area contributed by atoms with E-state index in [0.29, 0.717) is 13.0 Å². The van der Waals surface area contributed by atoms with Gasteiger partial charge in [-0.15, -0.1) is 0 Å². The number of nitrogens with zero attached hydrogens (tertiary/aromatic N) is 3. The number of likely N-dealkylation sites (tertiary alicyclic amines) is 1. The first-order chi connectivity index (χ1) is 7.63. The van der Waals surface area contributed by atoms with Crippen molar-refractivity contribution in [3.05, 3.63) is 23.5 Å². The maximum Gasteiger partial charge on any atom is 0.224 e. The van der Waals surface area contributed by atoms with E-state index in [1.54, 1.807) is 4.90 Å². The van der Waals surface area contributed by atoms with E-state index in [1.807, 2.05) is 26.0 Å². The number of nitrogens with two attached hydrogens (primary N) is 1. The van der Waals surface area contributed by atoms with Gasteiger partial charge in [-0.05, 0) is 26.0 Å². The molecule has 1 saturated heterocycles. The first-order valence-electron chi connectivity index (χ1n) is 5.48. The average molecular weight is 220 g/mol. The highest BCUT2D eigenvalue weighted by Gasteiger charge is 2.38. The molecule has 0 radical (unpaired) electrons. The van der Waals surface area contributed by atoms with Crippen LogP contribution in [0.4, 0.5) is 0 Å². The van der Waals surface area contributed by atoms with E-state index in [2.05, 4.69) is 10.2 Å². The Morgan fingerprint density at radius 3 is 2.81 bits per heavy atom. The topological polar surface area (TPSA) is 72.1 Å². The maximum absolute atomic E-state index is 11.7. The molecule has 5 nitrogen and oxygen atoms in total. The van der Waals surface area contributed by atoms with E-state index < -0.39 is 0 Å². The lowest BCUT2D eigenvalue weighted by Gasteiger charge is -2.24. The summed E-state index contributed by atoms with van der Waals surface area (Å²) in [6.45, 7) is 4.49. The SMILES string of the molecule is CCN1C(=O)C[C@H](N)[C@H]1c1ccc(C)nn1. The molecule has 0 unspecified atom stereocenters. The summed E-state index contributed by atoms with van der Waals surface area (Å²) >= 11 is 0. The standard InChI is InChI=1S/C11H16N4O/c1-3-15-10(16)6-8(12)11(15)9-5-4-7(2)13-14-9/h4-5,8,11H,3,6,12H2,1-2H3/t8-,11-/m0/s1. The molecule has 2 atom stereocenters. The second kappa shape index (κ2) is 4.17. The largest absolute Gasteiger partial charge is 0.333 e. The van der Waals surface area contributed by atoms with Gasteiger partial charge in [0.1, 0.15) is 0 Å². The zero-order valence-corrected chi connectivity index (χ0v) is 9.55. The van der Waals surface area contributed by atoms with E-state index in [4.69, 9.17) is 5.73 Å². The number of hydrogen-bond donors (Lipinski definition) is 1. The molecule has 0 aromatic carbocycles. The van der Waals surface area contributed by atoms with Crippen molar-refractivity contribution in [2.45, 2.75) is 32.4 Å². The predicted molar refractivity (Wildman–Crippen MR) is 59.5 cm³/mol. The number of carbonyl (C=O) groups is 1. The van der Waals surface area contributed by atoms with E-state index in [0.717, 1.165) is 11.4 Å². The molecule has 1 fully saturated rings. The summed E-state index contributed by atoms with van der Waals surface area (Å²) in [4.78, 5) is 13.4. The van der Waals surface area contributed by atoms with Crippen molar-refractivity contribution in [1.82, 2.24) is 15.1 Å². The van der Waals surface area contributed by atoms with Gasteiger partial charge in [-0.2, -0.15) is 10.2 Å². The van der Waals surface area contributed by atoms with Crippen LogP contribution in [0.5, 0.6) is 0 Å². The summed E-state index contributed by atoms with van der Waals surface area (Å²) < 4.78 is 0. The summed E-state index contributed by atoms with van der Waals surface area (Å²) in [5, 5.41) is 8.13. The van der Waals surface area contributed by atoms with Crippen LogP contribution in [0.3, 0.4) is 0 Å². The average Bonchev–Trinajstić information content (AvgIpc) is 2.54. The van der Waals surface area contributed by atoms with Crippen LogP contribution in [-0.2, 0) is 4.79 Å². The fourth-order valence-electron chi connectivity index (χ4n) is 2.14. The highest BCUT2D eigenvalue weighted by molar-refractivity contribution is 5.80. The molecule has 2 rings (SSSR count). The first kappa shape index (κ1) is 11.0. The Kier molecular flexibility index (Phi) is 2.87. The second-order valence-corrected chi connectivity index (χ2v) is 4.09. The van der Waals surface area contributed by atoms with Crippen LogP contribution >= 0.6 is 0 Å². The minimum Gasteiger partial charge on any atom is -0.333 e. The van der Waals surface area contributed by atoms with Gasteiger partial charge >= 0.3 is 0 Å². The zero-order chi connectivity index (χ0) is 11.7. The monoisotopic (exact) mass is 220 g/mol. The Morgan fingerprint density at radius 1 is 1.50 bits per heavy atom. The summed E-state index contributed by atoms with van der Waals surface area (Å²) in [6, 6.07) is 3.50. The highest BCUT2D eigenvalue weighted by Crippen LogP contribution is 2.30. The van der Waals surface area contributed by atoms with E-state index in [-0.39, 0.29) is 18.0 Å². The molecule has 1 amide bonds. The van der Waals surface area contributed by atoms with Crippen molar-refractivity contribution in [1.29, 1.82) is 0 Å². The first-order valence-corrected chi connectivity index (χ1v) is 5.48. The van der Waals surface area contributed by atoms with Crippen LogP contribution in [-0.4, -0.2) is 33.6 Å². The zero-order valence-electron chi connectivity index (χ0n) is 9.55. The van der Waals surface area contributed by atoms with Gasteiger partial charge in [0, 0.05) is 19.0 Å². The van der Waals surface area contributed by atoms with Gasteiger partial charge in [0.25, 0.3) is 0 Å². The van der Waals surface area contributed by atoms with Gasteiger partial charge in [-0.25, -0.2) is 0 Å². The van der Waals surface area contributed by atoms with E-state index in [9.17, 15) is 4.79 Å². The molecule has 16 heavy (non-hydrogen) atoms. The lowest BCUT2D eigenvalue weighted by atomic mass is 10.1. The van der Waals surface area contributed by atoms with Crippen molar-refractivity contribution in [3.63, 3.8) is 0 Å². The molecule has 0 spiro atoms. The predicted octanol–water partition coefficient (Wildman–Crippen LogP) is 0.406. The molecular formula is C11H16N4O. The molecule has 2 heterocycles. The minimum atomic E-state index is -0.176. The molecule has 1 aromatic rings. The van der Waals surface area contributed by atoms with Crippen molar-refractivity contribution in [3.8, 4) is 0 Å². The summed E-state index contributed by atoms with van der Waals surface area (Å²) in [5.74, 6) is 0.0994. The number of carbonyl (C=O) groups excluding carboxylic acids is 1. The quantitative estimate of drug-likeness (QED) is 0.783. The van der Waals surface area contributed by atoms with Crippen molar-refractivity contribution < 1.29 is 4.79 Å². The Labute approximate surface area is 94.6 Å². The van der Waals surface area contributed by atoms with Crippen molar-refractivity contribution in [2.24, 2.45) is 5.73 Å². The maximum atomic E-state index is 11.7. The fraction of sp³-hybridized carbons (Fsp3) is 0.545. The van der Waals surface area contributed by atoms with Gasteiger partial charge < -0.3 is 10.6 Å². The minimum absolute atomic E-state index is 0.0994. The highest BCUT2D eigenvalue weighted by atomic mass is 16.2. The van der Waals surface area contributed by atoms with Gasteiger partial charge in [-0.1, -0.05) is 0 Å². The van der Waals surface area contributed by atoms with Gasteiger partial charge in [0.15, 0.2) is 0 Å². The van der Waals surface area contributed by atoms with Crippen LogP contribution in [0.25, 0.3) is 0 Å². The Morgan fingerprint density at radius 2 is 2.25 bits per heavy atom. The molecule has 1 aliphatic heterocycles. The van der Waals surface area contributed by atoms with E-state index in [1.165, 1.54) is 0 Å². The normalized spacial score (nSPS) is 25.2. The molecule has 5 heteroatoms. The Bertz CT molecular complexity index is 389. The number of likely N-dealkylation sites (N-methyl/N-ethyl adjacent to an activating group) is 1. The van der Waals surface area contributed by atoms with E-state index >= 15 is 0 Å². The van der Waals surface area contributed by atoms with Crippen molar-refractivity contribution in [2.75, 3.05) is 6.54 Å². The molecule has 1 aliphatic rings. The van der Waals surface area contributed by atoms with Crippen LogP contribution in [0.15, 0.2) is 12.1 Å². The molecule has 86 valence electrons. The molecule has 0 saturated carbocycles. The van der Waals surface area contributed by atoms with Crippen molar-refractivity contribution >= 4 is 5.91 Å². The molecule has 0 aliphatic carbocycles. The number of amides is 1. The second-order valence-electron chi connectivity index (χ2n) is 4.09. The molecule has 0 bridgehead atoms. The van der Waals surface area contributed by atoms with Crippen LogP contribution in [0.2, 0.25) is 0 Å². The Balaban J connectivity index is 2.31. The van der Waals surface area contributed by atoms with Crippen LogP contribution < -0.4 is 5.73 Å². The summed E-state index contributed by atoms with van der Waals surface area (Å²) in [6.07, 6.45) is 0.397. The van der Waals surface area contributed by atoms with Gasteiger partial charge in [0.2, 0.25) is 5.91 Å². The van der Waals surface area contributed by atoms with Crippen LogP contribution in [0.1, 0.15) is 30.8 Å². The third kappa shape index (κ3) is 1.78. The number of hydrogen-bond acceptors (Lipinski definition) is 4. The molecule has 2 N–H and O–H groups in total. The smallest absolute Gasteiger partial charge is 0.224 e.